The Balaban J connectivity index is 1.93. The van der Waals surface area contributed by atoms with Crippen molar-refractivity contribution in [3.05, 3.63) is 66.6 Å². The van der Waals surface area contributed by atoms with Crippen molar-refractivity contribution < 1.29 is 17.9 Å². The maximum atomic E-state index is 13.9. The quantitative estimate of drug-likeness (QED) is 0.702. The third-order valence-corrected chi connectivity index (χ3v) is 3.23. The Labute approximate surface area is 136 Å². The summed E-state index contributed by atoms with van der Waals surface area (Å²) < 4.78 is 45.9. The average Bonchev–Trinajstić information content (AvgIpc) is 2.56. The molecule has 0 aliphatic heterocycles. The lowest BCUT2D eigenvalue weighted by atomic mass is 10.1. The van der Waals surface area contributed by atoms with E-state index in [0.717, 1.165) is 13.1 Å². The molecule has 0 saturated carbocycles. The summed E-state index contributed by atoms with van der Waals surface area (Å²) in [5, 5.41) is 0. The first-order valence-electron chi connectivity index (χ1n) is 7.02. The predicted octanol–water partition coefficient (Wildman–Crippen LogP) is 4.58. The summed E-state index contributed by atoms with van der Waals surface area (Å²) in [7, 11) is 0. The molecular formula is C17H12F3N3O. The van der Waals surface area contributed by atoms with Crippen molar-refractivity contribution in [2.45, 2.75) is 12.8 Å². The second kappa shape index (κ2) is 6.27. The van der Waals surface area contributed by atoms with Crippen LogP contribution in [-0.4, -0.2) is 15.0 Å². The van der Waals surface area contributed by atoms with Crippen LogP contribution in [-0.2, 0) is 5.92 Å². The summed E-state index contributed by atoms with van der Waals surface area (Å²) in [5.41, 5.74) is 0.330. The van der Waals surface area contributed by atoms with Gasteiger partial charge in [-0.2, -0.15) is 8.78 Å². The van der Waals surface area contributed by atoms with E-state index in [9.17, 15) is 13.2 Å². The van der Waals surface area contributed by atoms with Gasteiger partial charge in [-0.3, -0.25) is 9.97 Å². The second-order valence-corrected chi connectivity index (χ2v) is 5.08. The van der Waals surface area contributed by atoms with Gasteiger partial charge in [-0.05, 0) is 30.3 Å². The van der Waals surface area contributed by atoms with Gasteiger partial charge in [0.25, 0.3) is 5.92 Å². The maximum Gasteiger partial charge on any atom is 0.286 e. The highest BCUT2D eigenvalue weighted by molar-refractivity contribution is 5.68. The molecule has 0 spiro atoms. The summed E-state index contributed by atoms with van der Waals surface area (Å²) in [6.07, 6.45) is 5.20. The molecule has 0 aliphatic carbocycles. The number of ether oxygens (including phenoxy) is 1. The smallest absolute Gasteiger partial charge is 0.286 e. The van der Waals surface area contributed by atoms with Crippen molar-refractivity contribution >= 4 is 0 Å². The lowest BCUT2D eigenvalue weighted by molar-refractivity contribution is 0.0127. The lowest BCUT2D eigenvalue weighted by Crippen LogP contribution is -2.09. The molecule has 7 heteroatoms. The first-order chi connectivity index (χ1) is 11.4. The molecule has 0 bridgehead atoms. The fourth-order valence-electron chi connectivity index (χ4n) is 2.08. The minimum absolute atomic E-state index is 0.139. The van der Waals surface area contributed by atoms with Crippen molar-refractivity contribution in [3.8, 4) is 22.8 Å². The molecule has 122 valence electrons. The van der Waals surface area contributed by atoms with Crippen molar-refractivity contribution in [3.63, 3.8) is 0 Å². The van der Waals surface area contributed by atoms with Gasteiger partial charge in [0, 0.05) is 30.4 Å². The zero-order valence-electron chi connectivity index (χ0n) is 12.6. The van der Waals surface area contributed by atoms with Gasteiger partial charge in [-0.25, -0.2) is 9.37 Å². The monoisotopic (exact) mass is 331 g/mol. The van der Waals surface area contributed by atoms with Gasteiger partial charge in [0.1, 0.15) is 17.3 Å². The van der Waals surface area contributed by atoms with Crippen LogP contribution in [0.15, 0.2) is 55.1 Å². The highest BCUT2D eigenvalue weighted by atomic mass is 19.3. The molecule has 0 unspecified atom stereocenters. The zero-order chi connectivity index (χ0) is 17.2. The number of nitrogens with zero attached hydrogens (tertiary/aromatic N) is 3. The van der Waals surface area contributed by atoms with E-state index in [4.69, 9.17) is 4.74 Å². The first-order valence-corrected chi connectivity index (χ1v) is 7.02. The van der Waals surface area contributed by atoms with E-state index >= 15 is 0 Å². The Bertz CT molecular complexity index is 848. The minimum atomic E-state index is -3.03. The highest BCUT2D eigenvalue weighted by Gasteiger charge is 2.25. The van der Waals surface area contributed by atoms with E-state index in [1.165, 1.54) is 36.8 Å². The van der Waals surface area contributed by atoms with Gasteiger partial charge in [-0.1, -0.05) is 0 Å². The number of aromatic nitrogens is 3. The zero-order valence-corrected chi connectivity index (χ0v) is 12.6. The molecule has 3 aromatic rings. The van der Waals surface area contributed by atoms with Crippen LogP contribution < -0.4 is 4.74 Å². The van der Waals surface area contributed by atoms with E-state index < -0.39 is 11.7 Å². The van der Waals surface area contributed by atoms with Crippen LogP contribution in [0.4, 0.5) is 13.2 Å². The van der Waals surface area contributed by atoms with E-state index in [1.54, 1.807) is 12.1 Å². The summed E-state index contributed by atoms with van der Waals surface area (Å²) >= 11 is 0. The second-order valence-electron chi connectivity index (χ2n) is 5.08. The molecule has 0 atom stereocenters. The number of rotatable bonds is 4. The molecule has 0 N–H and O–H groups in total. The van der Waals surface area contributed by atoms with E-state index in [0.29, 0.717) is 5.56 Å². The summed E-state index contributed by atoms with van der Waals surface area (Å²) in [5.74, 6) is -3.19. The Morgan fingerprint density at radius 2 is 1.79 bits per heavy atom. The minimum Gasteiger partial charge on any atom is -0.437 e. The van der Waals surface area contributed by atoms with Crippen molar-refractivity contribution in [2.24, 2.45) is 0 Å². The van der Waals surface area contributed by atoms with Crippen LogP contribution in [0, 0.1) is 5.82 Å². The van der Waals surface area contributed by atoms with Crippen molar-refractivity contribution in [1.82, 2.24) is 15.0 Å². The summed E-state index contributed by atoms with van der Waals surface area (Å²) in [6, 6.07) is 7.31. The molecule has 3 aromatic heterocycles. The van der Waals surface area contributed by atoms with Gasteiger partial charge >= 0.3 is 0 Å². The SMILES string of the molecule is CC(F)(F)c1ccc(Oc2ncccc2-c2ccncc2F)cn1. The van der Waals surface area contributed by atoms with Gasteiger partial charge in [0.05, 0.1) is 12.4 Å². The predicted molar refractivity (Wildman–Crippen MR) is 81.3 cm³/mol. The maximum absolute atomic E-state index is 13.9. The molecule has 4 nitrogen and oxygen atoms in total. The van der Waals surface area contributed by atoms with E-state index in [-0.39, 0.29) is 22.9 Å². The molecule has 0 aromatic carbocycles. The normalized spacial score (nSPS) is 11.3. The Morgan fingerprint density at radius 1 is 0.958 bits per heavy atom. The van der Waals surface area contributed by atoms with Gasteiger partial charge in [0.2, 0.25) is 5.88 Å². The molecule has 0 amide bonds. The van der Waals surface area contributed by atoms with Crippen molar-refractivity contribution in [1.29, 1.82) is 0 Å². The molecule has 3 heterocycles. The Hall–Kier alpha value is -2.96. The Kier molecular flexibility index (Phi) is 4.16. The van der Waals surface area contributed by atoms with Crippen LogP contribution in [0.25, 0.3) is 11.1 Å². The number of pyridine rings is 3. The molecular weight excluding hydrogens is 319 g/mol. The van der Waals surface area contributed by atoms with Crippen LogP contribution in [0.1, 0.15) is 12.6 Å². The summed E-state index contributed by atoms with van der Waals surface area (Å²) in [6.45, 7) is 0.763. The molecule has 0 saturated heterocycles. The highest BCUT2D eigenvalue weighted by Crippen LogP contribution is 2.33. The van der Waals surface area contributed by atoms with Crippen molar-refractivity contribution in [2.75, 3.05) is 0 Å². The average molecular weight is 331 g/mol. The van der Waals surface area contributed by atoms with E-state index in [1.807, 2.05) is 0 Å². The summed E-state index contributed by atoms with van der Waals surface area (Å²) in [4.78, 5) is 11.5. The molecule has 0 radical (unpaired) electrons. The number of alkyl halides is 2. The molecule has 3 rings (SSSR count). The standard InChI is InChI=1S/C17H12F3N3O/c1-17(19,20)15-5-4-11(9-23-15)24-16-13(3-2-7-22-16)12-6-8-21-10-14(12)18/h2-10H,1H3. The number of hydrogen-bond acceptors (Lipinski definition) is 4. The lowest BCUT2D eigenvalue weighted by Gasteiger charge is -2.12. The molecule has 24 heavy (non-hydrogen) atoms. The van der Waals surface area contributed by atoms with Crippen LogP contribution in [0.2, 0.25) is 0 Å². The Morgan fingerprint density at radius 3 is 2.46 bits per heavy atom. The topological polar surface area (TPSA) is 47.9 Å². The van der Waals surface area contributed by atoms with Gasteiger partial charge in [0.15, 0.2) is 0 Å². The van der Waals surface area contributed by atoms with Gasteiger partial charge in [-0.15, -0.1) is 0 Å². The van der Waals surface area contributed by atoms with Crippen LogP contribution >= 0.6 is 0 Å². The van der Waals surface area contributed by atoms with Crippen LogP contribution in [0.3, 0.4) is 0 Å². The largest absolute Gasteiger partial charge is 0.437 e. The molecule has 0 aliphatic rings. The molecule has 0 fully saturated rings. The third-order valence-electron chi connectivity index (χ3n) is 3.23. The van der Waals surface area contributed by atoms with Crippen LogP contribution in [0.5, 0.6) is 11.6 Å². The fraction of sp³-hybridized carbons (Fsp3) is 0.118. The fourth-order valence-corrected chi connectivity index (χ4v) is 2.08. The van der Waals surface area contributed by atoms with E-state index in [2.05, 4.69) is 15.0 Å². The third kappa shape index (κ3) is 3.34. The number of hydrogen-bond donors (Lipinski definition) is 0. The first kappa shape index (κ1) is 15.9. The number of halogens is 3. The van der Waals surface area contributed by atoms with Gasteiger partial charge < -0.3 is 4.74 Å².